The minimum atomic E-state index is -0.324. The fourth-order valence-corrected chi connectivity index (χ4v) is 2.96. The number of nitro benzene ring substituents is 1. The summed E-state index contributed by atoms with van der Waals surface area (Å²) >= 11 is 0. The Kier molecular flexibility index (Phi) is 2.85. The van der Waals surface area contributed by atoms with E-state index in [1.807, 2.05) is 6.07 Å². The molecule has 0 spiro atoms. The van der Waals surface area contributed by atoms with Crippen molar-refractivity contribution in [2.45, 2.75) is 31.6 Å². The van der Waals surface area contributed by atoms with Gasteiger partial charge in [-0.05, 0) is 35.8 Å². The van der Waals surface area contributed by atoms with E-state index in [2.05, 4.69) is 38.1 Å². The van der Waals surface area contributed by atoms with Crippen LogP contribution in [-0.2, 0) is 5.41 Å². The van der Waals surface area contributed by atoms with E-state index in [-0.39, 0.29) is 16.0 Å². The lowest BCUT2D eigenvalue weighted by atomic mass is 9.92. The lowest BCUT2D eigenvalue weighted by Gasteiger charge is -2.12. The number of benzene rings is 2. The number of hydrogen-bond donors (Lipinski definition) is 0. The van der Waals surface area contributed by atoms with Crippen molar-refractivity contribution in [1.82, 2.24) is 0 Å². The lowest BCUT2D eigenvalue weighted by Crippen LogP contribution is -2.04. The second-order valence-electron chi connectivity index (χ2n) is 5.89. The van der Waals surface area contributed by atoms with Crippen molar-refractivity contribution in [3.63, 3.8) is 0 Å². The molecule has 0 radical (unpaired) electrons. The summed E-state index contributed by atoms with van der Waals surface area (Å²) < 4.78 is 0. The van der Waals surface area contributed by atoms with Gasteiger partial charge in [0.1, 0.15) is 0 Å². The zero-order valence-corrected chi connectivity index (χ0v) is 11.7. The van der Waals surface area contributed by atoms with Gasteiger partial charge in [0.15, 0.2) is 0 Å². The largest absolute Gasteiger partial charge is 0.269 e. The van der Waals surface area contributed by atoms with E-state index < -0.39 is 0 Å². The zero-order valence-electron chi connectivity index (χ0n) is 11.7. The maximum atomic E-state index is 10.9. The molecule has 0 aromatic heterocycles. The Balaban J connectivity index is 1.89. The van der Waals surface area contributed by atoms with Crippen LogP contribution in [0.15, 0.2) is 48.5 Å². The third kappa shape index (κ3) is 2.09. The summed E-state index contributed by atoms with van der Waals surface area (Å²) in [7, 11) is 0. The summed E-state index contributed by atoms with van der Waals surface area (Å²) in [6.45, 7) is 4.32. The number of non-ortho nitro benzene ring substituents is 1. The molecular formula is C17H17NO2. The summed E-state index contributed by atoms with van der Waals surface area (Å²) in [6, 6.07) is 15.6. The molecule has 102 valence electrons. The van der Waals surface area contributed by atoms with Crippen LogP contribution in [0.3, 0.4) is 0 Å². The molecule has 1 saturated carbocycles. The monoisotopic (exact) mass is 267 g/mol. The van der Waals surface area contributed by atoms with Crippen LogP contribution >= 0.6 is 0 Å². The molecule has 2 aromatic rings. The van der Waals surface area contributed by atoms with Gasteiger partial charge in [-0.25, -0.2) is 0 Å². The van der Waals surface area contributed by atoms with Crippen molar-refractivity contribution in [2.75, 3.05) is 0 Å². The number of aryl methyl sites for hydroxylation is 1. The highest BCUT2D eigenvalue weighted by molar-refractivity contribution is 5.46. The van der Waals surface area contributed by atoms with Gasteiger partial charge in [-0.2, -0.15) is 0 Å². The molecule has 0 N–H and O–H groups in total. The molecule has 1 aliphatic carbocycles. The van der Waals surface area contributed by atoms with Crippen molar-refractivity contribution >= 4 is 5.69 Å². The van der Waals surface area contributed by atoms with Crippen LogP contribution in [0.4, 0.5) is 5.69 Å². The summed E-state index contributed by atoms with van der Waals surface area (Å²) in [5.74, 6) is 0.380. The Hall–Kier alpha value is -2.16. The first-order valence-electron chi connectivity index (χ1n) is 6.82. The highest BCUT2D eigenvalue weighted by atomic mass is 16.6. The molecule has 3 rings (SSSR count). The van der Waals surface area contributed by atoms with E-state index >= 15 is 0 Å². The standard InChI is InChI=1S/C17H17NO2/c1-12-6-8-14(9-7-12)17(2)11-16(17)13-4-3-5-15(10-13)18(19)20/h3-10,16H,11H2,1-2H3. The van der Waals surface area contributed by atoms with Crippen LogP contribution in [0, 0.1) is 17.0 Å². The molecule has 2 aromatic carbocycles. The zero-order chi connectivity index (χ0) is 14.3. The van der Waals surface area contributed by atoms with Crippen molar-refractivity contribution in [3.05, 3.63) is 75.3 Å². The Morgan fingerprint density at radius 2 is 1.90 bits per heavy atom. The summed E-state index contributed by atoms with van der Waals surface area (Å²) in [6.07, 6.45) is 1.05. The van der Waals surface area contributed by atoms with E-state index in [9.17, 15) is 10.1 Å². The van der Waals surface area contributed by atoms with Crippen molar-refractivity contribution in [2.24, 2.45) is 0 Å². The fourth-order valence-electron chi connectivity index (χ4n) is 2.96. The number of nitro groups is 1. The van der Waals surface area contributed by atoms with Crippen LogP contribution < -0.4 is 0 Å². The van der Waals surface area contributed by atoms with Gasteiger partial charge in [0.25, 0.3) is 5.69 Å². The van der Waals surface area contributed by atoms with Gasteiger partial charge in [-0.1, -0.05) is 48.9 Å². The number of hydrogen-bond acceptors (Lipinski definition) is 2. The van der Waals surface area contributed by atoms with E-state index in [0.717, 1.165) is 12.0 Å². The molecule has 0 saturated heterocycles. The van der Waals surface area contributed by atoms with E-state index in [4.69, 9.17) is 0 Å². The average molecular weight is 267 g/mol. The van der Waals surface area contributed by atoms with Crippen molar-refractivity contribution in [1.29, 1.82) is 0 Å². The van der Waals surface area contributed by atoms with Crippen LogP contribution in [0.25, 0.3) is 0 Å². The molecule has 3 heteroatoms. The van der Waals surface area contributed by atoms with Gasteiger partial charge >= 0.3 is 0 Å². The van der Waals surface area contributed by atoms with Crippen molar-refractivity contribution < 1.29 is 4.92 Å². The smallest absolute Gasteiger partial charge is 0.258 e. The van der Waals surface area contributed by atoms with Crippen LogP contribution in [0.2, 0.25) is 0 Å². The maximum absolute atomic E-state index is 10.9. The molecule has 0 bridgehead atoms. The Morgan fingerprint density at radius 3 is 2.55 bits per heavy atom. The highest BCUT2D eigenvalue weighted by Crippen LogP contribution is 2.60. The van der Waals surface area contributed by atoms with Gasteiger partial charge in [0.05, 0.1) is 4.92 Å². The third-order valence-corrected chi connectivity index (χ3v) is 4.43. The van der Waals surface area contributed by atoms with Crippen molar-refractivity contribution in [3.8, 4) is 0 Å². The minimum Gasteiger partial charge on any atom is -0.258 e. The topological polar surface area (TPSA) is 43.1 Å². The average Bonchev–Trinajstić information content (AvgIpc) is 3.13. The predicted molar refractivity (Wildman–Crippen MR) is 79.0 cm³/mol. The SMILES string of the molecule is Cc1ccc(C2(C)CC2c2cccc([N+](=O)[O-])c2)cc1. The Morgan fingerprint density at radius 1 is 1.20 bits per heavy atom. The minimum absolute atomic E-state index is 0.114. The van der Waals surface area contributed by atoms with Gasteiger partial charge in [-0.15, -0.1) is 0 Å². The number of nitrogens with zero attached hydrogens (tertiary/aromatic N) is 1. The van der Waals surface area contributed by atoms with Gasteiger partial charge in [-0.3, -0.25) is 10.1 Å². The molecule has 3 nitrogen and oxygen atoms in total. The first-order valence-corrected chi connectivity index (χ1v) is 6.82. The second-order valence-corrected chi connectivity index (χ2v) is 5.89. The Labute approximate surface area is 118 Å². The Bertz CT molecular complexity index is 663. The highest BCUT2D eigenvalue weighted by Gasteiger charge is 2.52. The molecule has 0 heterocycles. The molecule has 1 fully saturated rings. The first kappa shape index (κ1) is 12.9. The number of rotatable bonds is 3. The first-order chi connectivity index (χ1) is 9.50. The van der Waals surface area contributed by atoms with Gasteiger partial charge < -0.3 is 0 Å². The lowest BCUT2D eigenvalue weighted by molar-refractivity contribution is -0.384. The third-order valence-electron chi connectivity index (χ3n) is 4.43. The van der Waals surface area contributed by atoms with E-state index in [1.54, 1.807) is 18.2 Å². The predicted octanol–water partition coefficient (Wildman–Crippen LogP) is 4.35. The van der Waals surface area contributed by atoms with Crippen LogP contribution in [0.1, 0.15) is 36.0 Å². The maximum Gasteiger partial charge on any atom is 0.269 e. The van der Waals surface area contributed by atoms with E-state index in [1.165, 1.54) is 11.1 Å². The second kappa shape index (κ2) is 4.44. The molecule has 2 unspecified atom stereocenters. The summed E-state index contributed by atoms with van der Waals surface area (Å²) in [4.78, 5) is 10.5. The molecule has 0 amide bonds. The van der Waals surface area contributed by atoms with Gasteiger partial charge in [0, 0.05) is 12.1 Å². The molecule has 20 heavy (non-hydrogen) atoms. The normalized spacial score (nSPS) is 24.4. The van der Waals surface area contributed by atoms with Gasteiger partial charge in [0.2, 0.25) is 0 Å². The van der Waals surface area contributed by atoms with Crippen LogP contribution in [-0.4, -0.2) is 4.92 Å². The quantitative estimate of drug-likeness (QED) is 0.613. The van der Waals surface area contributed by atoms with E-state index in [0.29, 0.717) is 5.92 Å². The van der Waals surface area contributed by atoms with Crippen LogP contribution in [0.5, 0.6) is 0 Å². The summed E-state index contributed by atoms with van der Waals surface area (Å²) in [5, 5.41) is 10.9. The molecule has 2 atom stereocenters. The molecule has 1 aliphatic rings. The fraction of sp³-hybridized carbons (Fsp3) is 0.294. The molecular weight excluding hydrogens is 250 g/mol. The molecule has 0 aliphatic heterocycles. The summed E-state index contributed by atoms with van der Waals surface area (Å²) in [5.41, 5.74) is 3.94.